The Kier molecular flexibility index (Phi) is 9.77. The molecule has 2 aromatic rings. The summed E-state index contributed by atoms with van der Waals surface area (Å²) in [7, 11) is 1.52. The van der Waals surface area contributed by atoms with Gasteiger partial charge in [-0.2, -0.15) is 0 Å². The summed E-state index contributed by atoms with van der Waals surface area (Å²) in [5.74, 6) is 0.673. The number of nitrogens with one attached hydrogen (secondary N) is 3. The highest BCUT2D eigenvalue weighted by Crippen LogP contribution is 2.28. The van der Waals surface area contributed by atoms with Crippen molar-refractivity contribution in [3.63, 3.8) is 0 Å². The second kappa shape index (κ2) is 12.5. The zero-order valence-electron chi connectivity index (χ0n) is 18.1. The van der Waals surface area contributed by atoms with Crippen molar-refractivity contribution >= 4 is 40.5 Å². The van der Waals surface area contributed by atoms with Crippen LogP contribution in [0.15, 0.2) is 42.5 Å². The molecule has 3 N–H and O–H groups in total. The van der Waals surface area contributed by atoms with Crippen LogP contribution in [-0.2, 0) is 16.0 Å². The Labute approximate surface area is 188 Å². The van der Waals surface area contributed by atoms with Crippen LogP contribution in [0.3, 0.4) is 0 Å². The van der Waals surface area contributed by atoms with E-state index in [1.54, 1.807) is 18.2 Å². The lowest BCUT2D eigenvalue weighted by Gasteiger charge is -2.14. The Morgan fingerprint density at radius 3 is 2.39 bits per heavy atom. The standard InChI is InChI=1S/C23H29N3O4S/c1-4-6-7-21(27)25-19-13-10-17(14-20(19)29-3)24-23(31)26-22(28)15-30-18-11-8-16(5-2)9-12-18/h8-14H,4-7,15H2,1-3H3,(H,25,27)(H2,24,26,28,31). The molecule has 0 unspecified atom stereocenters. The zero-order valence-corrected chi connectivity index (χ0v) is 18.9. The van der Waals surface area contributed by atoms with Crippen molar-refractivity contribution in [2.24, 2.45) is 0 Å². The van der Waals surface area contributed by atoms with E-state index < -0.39 is 0 Å². The lowest BCUT2D eigenvalue weighted by atomic mass is 10.2. The van der Waals surface area contributed by atoms with E-state index in [2.05, 4.69) is 22.9 Å². The van der Waals surface area contributed by atoms with Gasteiger partial charge in [0.15, 0.2) is 11.7 Å². The Morgan fingerprint density at radius 2 is 1.74 bits per heavy atom. The first kappa shape index (κ1) is 24.1. The smallest absolute Gasteiger partial charge is 0.264 e. The number of hydrogen-bond donors (Lipinski definition) is 3. The Morgan fingerprint density at radius 1 is 1.00 bits per heavy atom. The maximum absolute atomic E-state index is 12.1. The van der Waals surface area contributed by atoms with E-state index in [1.807, 2.05) is 31.2 Å². The summed E-state index contributed by atoms with van der Waals surface area (Å²) < 4.78 is 10.8. The summed E-state index contributed by atoms with van der Waals surface area (Å²) in [6, 6.07) is 12.7. The number of methoxy groups -OCH3 is 1. The van der Waals surface area contributed by atoms with Crippen LogP contribution >= 0.6 is 12.2 Å². The molecule has 2 rings (SSSR count). The molecule has 0 aliphatic rings. The maximum Gasteiger partial charge on any atom is 0.264 e. The molecule has 0 aromatic heterocycles. The molecule has 0 atom stereocenters. The van der Waals surface area contributed by atoms with Crippen molar-refractivity contribution in [2.75, 3.05) is 24.4 Å². The second-order valence-corrected chi connectivity index (χ2v) is 7.26. The summed E-state index contributed by atoms with van der Waals surface area (Å²) in [5, 5.41) is 8.47. The van der Waals surface area contributed by atoms with E-state index in [4.69, 9.17) is 21.7 Å². The summed E-state index contributed by atoms with van der Waals surface area (Å²) in [6.45, 7) is 3.95. The lowest BCUT2D eigenvalue weighted by molar-refractivity contribution is -0.121. The fourth-order valence-corrected chi connectivity index (χ4v) is 2.95. The third kappa shape index (κ3) is 8.25. The van der Waals surface area contributed by atoms with Crippen molar-refractivity contribution in [3.05, 3.63) is 48.0 Å². The Bertz CT molecular complexity index is 900. The first-order valence-corrected chi connectivity index (χ1v) is 10.7. The van der Waals surface area contributed by atoms with Crippen LogP contribution < -0.4 is 25.4 Å². The molecule has 0 radical (unpaired) electrons. The third-order valence-electron chi connectivity index (χ3n) is 4.45. The average Bonchev–Trinajstić information content (AvgIpc) is 2.77. The van der Waals surface area contributed by atoms with Crippen LogP contribution in [0.5, 0.6) is 11.5 Å². The van der Waals surface area contributed by atoms with E-state index in [0.717, 1.165) is 19.3 Å². The Balaban J connectivity index is 1.86. The van der Waals surface area contributed by atoms with Gasteiger partial charge in [0, 0.05) is 18.2 Å². The quantitative estimate of drug-likeness (QED) is 0.475. The molecular weight excluding hydrogens is 414 g/mol. The van der Waals surface area contributed by atoms with Crippen LogP contribution in [0, 0.1) is 0 Å². The van der Waals surface area contributed by atoms with Gasteiger partial charge in [-0.15, -0.1) is 0 Å². The number of unbranched alkanes of at least 4 members (excludes halogenated alkanes) is 1. The molecule has 8 heteroatoms. The maximum atomic E-state index is 12.1. The molecule has 166 valence electrons. The number of hydrogen-bond acceptors (Lipinski definition) is 5. The summed E-state index contributed by atoms with van der Waals surface area (Å²) >= 11 is 5.20. The monoisotopic (exact) mass is 443 g/mol. The molecule has 0 spiro atoms. The molecule has 2 aromatic carbocycles. The minimum atomic E-state index is -0.371. The summed E-state index contributed by atoms with van der Waals surface area (Å²) in [5.41, 5.74) is 2.39. The number of ether oxygens (including phenoxy) is 2. The van der Waals surface area contributed by atoms with E-state index >= 15 is 0 Å². The topological polar surface area (TPSA) is 88.7 Å². The molecule has 0 aliphatic carbocycles. The van der Waals surface area contributed by atoms with Gasteiger partial charge in [0.1, 0.15) is 11.5 Å². The first-order chi connectivity index (χ1) is 14.9. The minimum absolute atomic E-state index is 0.0621. The predicted octanol–water partition coefficient (Wildman–Crippen LogP) is 4.28. The van der Waals surface area contributed by atoms with Crippen molar-refractivity contribution in [2.45, 2.75) is 39.5 Å². The summed E-state index contributed by atoms with van der Waals surface area (Å²) in [4.78, 5) is 24.0. The van der Waals surface area contributed by atoms with Crippen molar-refractivity contribution < 1.29 is 19.1 Å². The van der Waals surface area contributed by atoms with Crippen LogP contribution in [0.25, 0.3) is 0 Å². The van der Waals surface area contributed by atoms with Crippen molar-refractivity contribution in [3.8, 4) is 11.5 Å². The number of rotatable bonds is 10. The average molecular weight is 444 g/mol. The van der Waals surface area contributed by atoms with Crippen molar-refractivity contribution in [1.82, 2.24) is 5.32 Å². The highest BCUT2D eigenvalue weighted by molar-refractivity contribution is 7.80. The van der Waals surface area contributed by atoms with Gasteiger partial charge in [-0.25, -0.2) is 0 Å². The molecule has 0 fully saturated rings. The normalized spacial score (nSPS) is 10.2. The number of amides is 2. The highest BCUT2D eigenvalue weighted by atomic mass is 32.1. The van der Waals surface area contributed by atoms with Gasteiger partial charge in [-0.1, -0.05) is 32.4 Å². The van der Waals surface area contributed by atoms with Crippen LogP contribution in [0.2, 0.25) is 0 Å². The van der Waals surface area contributed by atoms with Crippen LogP contribution in [-0.4, -0.2) is 30.6 Å². The van der Waals surface area contributed by atoms with Crippen LogP contribution in [0.4, 0.5) is 11.4 Å². The first-order valence-electron chi connectivity index (χ1n) is 10.3. The van der Waals surface area contributed by atoms with E-state index in [9.17, 15) is 9.59 Å². The number of anilines is 2. The zero-order chi connectivity index (χ0) is 22.6. The molecular formula is C23H29N3O4S. The number of benzene rings is 2. The molecule has 2 amide bonds. The van der Waals surface area contributed by atoms with E-state index in [1.165, 1.54) is 12.7 Å². The molecule has 0 saturated carbocycles. The molecule has 0 saturated heterocycles. The van der Waals surface area contributed by atoms with Gasteiger partial charge >= 0.3 is 0 Å². The van der Waals surface area contributed by atoms with E-state index in [0.29, 0.717) is 29.3 Å². The number of thiocarbonyl (C=S) groups is 1. The Hall–Kier alpha value is -3.13. The number of carbonyl (C=O) groups excluding carboxylic acids is 2. The van der Waals surface area contributed by atoms with Gasteiger partial charge in [0.2, 0.25) is 5.91 Å². The lowest BCUT2D eigenvalue weighted by Crippen LogP contribution is -2.37. The predicted molar refractivity (Wildman–Crippen MR) is 127 cm³/mol. The number of aryl methyl sites for hydroxylation is 1. The van der Waals surface area contributed by atoms with Crippen molar-refractivity contribution in [1.29, 1.82) is 0 Å². The van der Waals surface area contributed by atoms with Gasteiger partial charge < -0.3 is 20.1 Å². The van der Waals surface area contributed by atoms with Gasteiger partial charge in [-0.05, 0) is 54.9 Å². The molecule has 0 bridgehead atoms. The molecule has 31 heavy (non-hydrogen) atoms. The molecule has 0 heterocycles. The minimum Gasteiger partial charge on any atom is -0.494 e. The van der Waals surface area contributed by atoms with Crippen LogP contribution in [0.1, 0.15) is 38.7 Å². The van der Waals surface area contributed by atoms with Gasteiger partial charge in [0.05, 0.1) is 12.8 Å². The van der Waals surface area contributed by atoms with E-state index in [-0.39, 0.29) is 23.5 Å². The fourth-order valence-electron chi connectivity index (χ4n) is 2.72. The van der Waals surface area contributed by atoms with Gasteiger partial charge in [-0.3, -0.25) is 14.9 Å². The number of carbonyl (C=O) groups is 2. The summed E-state index contributed by atoms with van der Waals surface area (Å²) in [6.07, 6.45) is 3.18. The fraction of sp³-hybridized carbons (Fsp3) is 0.348. The molecule has 7 nitrogen and oxygen atoms in total. The highest BCUT2D eigenvalue weighted by Gasteiger charge is 2.10. The second-order valence-electron chi connectivity index (χ2n) is 6.86. The largest absolute Gasteiger partial charge is 0.494 e. The molecule has 0 aliphatic heterocycles. The van der Waals surface area contributed by atoms with Gasteiger partial charge in [0.25, 0.3) is 5.91 Å². The third-order valence-corrected chi connectivity index (χ3v) is 4.65. The SMILES string of the molecule is CCCCC(=O)Nc1ccc(NC(=S)NC(=O)COc2ccc(CC)cc2)cc1OC.